The van der Waals surface area contributed by atoms with Crippen molar-refractivity contribution in [3.63, 3.8) is 0 Å². The van der Waals surface area contributed by atoms with Gasteiger partial charge in [-0.15, -0.1) is 0 Å². The predicted octanol–water partition coefficient (Wildman–Crippen LogP) is 2.53. The van der Waals surface area contributed by atoms with Gasteiger partial charge in [-0.3, -0.25) is 9.69 Å². The van der Waals surface area contributed by atoms with Crippen LogP contribution in [0.25, 0.3) is 0 Å². The number of methoxy groups -OCH3 is 1. The zero-order chi connectivity index (χ0) is 21.9. The van der Waals surface area contributed by atoms with Gasteiger partial charge in [0.05, 0.1) is 13.7 Å². The molecular formula is C23H28N2O5S. The molecule has 8 heteroatoms. The zero-order valence-corrected chi connectivity index (χ0v) is 18.5. The SMILES string of the molecule is COC(=O)CN1CC2(CCN(Cc3ccccc3)CC2)COc2ccccc2S1(=O)=O. The maximum atomic E-state index is 13.4. The third kappa shape index (κ3) is 4.76. The Bertz CT molecular complexity index is 1020. The first kappa shape index (κ1) is 21.8. The van der Waals surface area contributed by atoms with E-state index < -0.39 is 16.0 Å². The summed E-state index contributed by atoms with van der Waals surface area (Å²) in [4.78, 5) is 14.5. The summed E-state index contributed by atoms with van der Waals surface area (Å²) in [6.07, 6.45) is 1.57. The number of benzene rings is 2. The van der Waals surface area contributed by atoms with Crippen molar-refractivity contribution >= 4 is 16.0 Å². The number of rotatable bonds is 4. The molecule has 0 aromatic heterocycles. The van der Waals surface area contributed by atoms with Crippen LogP contribution in [0.2, 0.25) is 0 Å². The number of piperidine rings is 1. The minimum absolute atomic E-state index is 0.0928. The van der Waals surface area contributed by atoms with Crippen molar-refractivity contribution in [2.75, 3.05) is 39.9 Å². The minimum atomic E-state index is -3.89. The van der Waals surface area contributed by atoms with Gasteiger partial charge in [-0.25, -0.2) is 8.42 Å². The van der Waals surface area contributed by atoms with Gasteiger partial charge >= 0.3 is 5.97 Å². The average molecular weight is 445 g/mol. The van der Waals surface area contributed by atoms with E-state index in [4.69, 9.17) is 9.47 Å². The molecule has 0 atom stereocenters. The van der Waals surface area contributed by atoms with Crippen molar-refractivity contribution in [1.82, 2.24) is 9.21 Å². The van der Waals surface area contributed by atoms with Gasteiger partial charge in [0.25, 0.3) is 0 Å². The molecule has 2 heterocycles. The number of esters is 1. The van der Waals surface area contributed by atoms with E-state index in [9.17, 15) is 13.2 Å². The molecule has 2 aliphatic heterocycles. The lowest BCUT2D eigenvalue weighted by Gasteiger charge is -2.44. The Labute approximate surface area is 183 Å². The van der Waals surface area contributed by atoms with E-state index in [1.165, 1.54) is 23.0 Å². The lowest BCUT2D eigenvalue weighted by atomic mass is 9.78. The molecule has 1 saturated heterocycles. The second kappa shape index (κ2) is 8.98. The van der Waals surface area contributed by atoms with Gasteiger partial charge in [0.2, 0.25) is 10.0 Å². The number of hydrogen-bond acceptors (Lipinski definition) is 6. The third-order valence-corrected chi connectivity index (χ3v) is 8.04. The molecule has 0 unspecified atom stereocenters. The van der Waals surface area contributed by atoms with Crippen LogP contribution in [-0.4, -0.2) is 63.5 Å². The van der Waals surface area contributed by atoms with Crippen LogP contribution in [0.4, 0.5) is 0 Å². The zero-order valence-electron chi connectivity index (χ0n) is 17.7. The number of para-hydroxylation sites is 1. The van der Waals surface area contributed by atoms with E-state index >= 15 is 0 Å². The van der Waals surface area contributed by atoms with E-state index in [2.05, 4.69) is 17.0 Å². The molecule has 1 spiro atoms. The molecule has 2 aliphatic rings. The van der Waals surface area contributed by atoms with Gasteiger partial charge in [-0.05, 0) is 43.6 Å². The molecule has 31 heavy (non-hydrogen) atoms. The van der Waals surface area contributed by atoms with E-state index in [0.717, 1.165) is 32.5 Å². The van der Waals surface area contributed by atoms with E-state index in [1.807, 2.05) is 18.2 Å². The smallest absolute Gasteiger partial charge is 0.321 e. The van der Waals surface area contributed by atoms with Gasteiger partial charge in [-0.1, -0.05) is 42.5 Å². The van der Waals surface area contributed by atoms with Crippen LogP contribution in [0.15, 0.2) is 59.5 Å². The predicted molar refractivity (Wildman–Crippen MR) is 116 cm³/mol. The average Bonchev–Trinajstić information content (AvgIpc) is 2.79. The number of nitrogens with zero attached hydrogens (tertiary/aromatic N) is 2. The number of sulfonamides is 1. The van der Waals surface area contributed by atoms with Crippen LogP contribution in [0.5, 0.6) is 5.75 Å². The highest BCUT2D eigenvalue weighted by atomic mass is 32.2. The topological polar surface area (TPSA) is 76.2 Å². The molecule has 0 radical (unpaired) electrons. The molecule has 166 valence electrons. The highest BCUT2D eigenvalue weighted by Gasteiger charge is 2.43. The number of likely N-dealkylation sites (tertiary alicyclic amines) is 1. The maximum absolute atomic E-state index is 13.4. The van der Waals surface area contributed by atoms with Crippen molar-refractivity contribution in [2.45, 2.75) is 24.3 Å². The molecule has 0 N–H and O–H groups in total. The van der Waals surface area contributed by atoms with Crippen molar-refractivity contribution in [2.24, 2.45) is 5.41 Å². The lowest BCUT2D eigenvalue weighted by molar-refractivity contribution is -0.141. The fraction of sp³-hybridized carbons (Fsp3) is 0.435. The van der Waals surface area contributed by atoms with Crippen molar-refractivity contribution < 1.29 is 22.7 Å². The first-order valence-electron chi connectivity index (χ1n) is 10.5. The minimum Gasteiger partial charge on any atom is -0.492 e. The van der Waals surface area contributed by atoms with Crippen LogP contribution >= 0.6 is 0 Å². The number of carbonyl (C=O) groups excluding carboxylic acids is 1. The fourth-order valence-electron chi connectivity index (χ4n) is 4.34. The van der Waals surface area contributed by atoms with Crippen LogP contribution in [-0.2, 0) is 26.1 Å². The quantitative estimate of drug-likeness (QED) is 0.675. The Morgan fingerprint density at radius 3 is 2.45 bits per heavy atom. The number of ether oxygens (including phenoxy) is 2. The summed E-state index contributed by atoms with van der Waals surface area (Å²) in [5, 5.41) is 0. The lowest BCUT2D eigenvalue weighted by Crippen LogP contribution is -2.52. The first-order valence-corrected chi connectivity index (χ1v) is 11.9. The summed E-state index contributed by atoms with van der Waals surface area (Å²) < 4.78 is 38.9. The Morgan fingerprint density at radius 1 is 1.06 bits per heavy atom. The van der Waals surface area contributed by atoms with Crippen LogP contribution in [0.3, 0.4) is 0 Å². The van der Waals surface area contributed by atoms with E-state index in [0.29, 0.717) is 12.4 Å². The first-order chi connectivity index (χ1) is 14.9. The van der Waals surface area contributed by atoms with Crippen molar-refractivity contribution in [1.29, 1.82) is 0 Å². The molecule has 0 aliphatic carbocycles. The Balaban J connectivity index is 1.57. The Hall–Kier alpha value is -2.42. The molecule has 1 fully saturated rings. The monoisotopic (exact) mass is 444 g/mol. The molecule has 4 rings (SSSR count). The number of carbonyl (C=O) groups is 1. The second-order valence-electron chi connectivity index (χ2n) is 8.35. The van der Waals surface area contributed by atoms with E-state index in [-0.39, 0.29) is 23.4 Å². The summed E-state index contributed by atoms with van der Waals surface area (Å²) in [7, 11) is -2.62. The van der Waals surface area contributed by atoms with E-state index in [1.54, 1.807) is 18.2 Å². The summed E-state index contributed by atoms with van der Waals surface area (Å²) in [6.45, 7) is 2.89. The molecule has 0 amide bonds. The highest BCUT2D eigenvalue weighted by molar-refractivity contribution is 7.89. The standard InChI is InChI=1S/C23H28N2O5S/c1-29-22(26)16-25-17-23(18-30-20-9-5-6-10-21(20)31(25,27)28)11-13-24(14-12-23)15-19-7-3-2-4-8-19/h2-10H,11-18H2,1H3. The third-order valence-electron chi connectivity index (χ3n) is 6.21. The van der Waals surface area contributed by atoms with Crippen LogP contribution < -0.4 is 4.74 Å². The number of fused-ring (bicyclic) bond motifs is 1. The van der Waals surface area contributed by atoms with Crippen molar-refractivity contribution in [3.8, 4) is 5.75 Å². The van der Waals surface area contributed by atoms with Gasteiger partial charge in [0, 0.05) is 18.5 Å². The van der Waals surface area contributed by atoms with Gasteiger partial charge in [-0.2, -0.15) is 4.31 Å². The molecule has 7 nitrogen and oxygen atoms in total. The number of hydrogen-bond donors (Lipinski definition) is 0. The molecule has 0 bridgehead atoms. The second-order valence-corrected chi connectivity index (χ2v) is 10.3. The van der Waals surface area contributed by atoms with Gasteiger partial charge < -0.3 is 9.47 Å². The molecule has 2 aromatic carbocycles. The summed E-state index contributed by atoms with van der Waals surface area (Å²) in [5.41, 5.74) is 0.901. The summed E-state index contributed by atoms with van der Waals surface area (Å²) in [6, 6.07) is 16.9. The van der Waals surface area contributed by atoms with Crippen LogP contribution in [0.1, 0.15) is 18.4 Å². The maximum Gasteiger partial charge on any atom is 0.321 e. The molecular weight excluding hydrogens is 416 g/mol. The summed E-state index contributed by atoms with van der Waals surface area (Å²) >= 11 is 0. The Morgan fingerprint density at radius 2 is 1.74 bits per heavy atom. The highest BCUT2D eigenvalue weighted by Crippen LogP contribution is 2.39. The fourth-order valence-corrected chi connectivity index (χ4v) is 5.97. The Kier molecular flexibility index (Phi) is 6.31. The summed E-state index contributed by atoms with van der Waals surface area (Å²) in [5.74, 6) is -0.234. The largest absolute Gasteiger partial charge is 0.492 e. The van der Waals surface area contributed by atoms with Crippen LogP contribution in [0, 0.1) is 5.41 Å². The molecule has 2 aromatic rings. The van der Waals surface area contributed by atoms with Gasteiger partial charge in [0.15, 0.2) is 0 Å². The van der Waals surface area contributed by atoms with Gasteiger partial charge in [0.1, 0.15) is 17.2 Å². The normalized spacial score (nSPS) is 20.8. The molecule has 0 saturated carbocycles. The van der Waals surface area contributed by atoms with Crippen molar-refractivity contribution in [3.05, 3.63) is 60.2 Å².